The molecule has 0 aliphatic heterocycles. The van der Waals surface area contributed by atoms with Crippen molar-refractivity contribution in [3.8, 4) is 11.1 Å². The lowest BCUT2D eigenvalue weighted by atomic mass is 10.0. The lowest BCUT2D eigenvalue weighted by molar-refractivity contribution is -0.123. The topological polar surface area (TPSA) is 63.2 Å². The van der Waals surface area contributed by atoms with E-state index in [-0.39, 0.29) is 11.7 Å². The molecule has 2 aromatic carbocycles. The molecule has 0 bridgehead atoms. The summed E-state index contributed by atoms with van der Waals surface area (Å²) in [4.78, 5) is 11.9. The summed E-state index contributed by atoms with van der Waals surface area (Å²) in [5.74, 6) is -0.877. The van der Waals surface area contributed by atoms with Crippen LogP contribution in [0.5, 0.6) is 0 Å². The Bertz CT molecular complexity index is 785. The first-order valence-electron chi connectivity index (χ1n) is 7.95. The molecule has 0 fully saturated rings. The van der Waals surface area contributed by atoms with E-state index >= 15 is 0 Å². The molecule has 5 heteroatoms. The molecule has 0 saturated heterocycles. The second-order valence-corrected chi connectivity index (χ2v) is 8.29. The second kappa shape index (κ2) is 8.11. The van der Waals surface area contributed by atoms with Crippen LogP contribution in [0.25, 0.3) is 11.1 Å². The summed E-state index contributed by atoms with van der Waals surface area (Å²) in [6, 6.07) is 18.3. The molecular weight excluding hydrogens is 322 g/mol. The van der Waals surface area contributed by atoms with Crippen LogP contribution in [0.2, 0.25) is 0 Å². The lowest BCUT2D eigenvalue weighted by Crippen LogP contribution is -2.34. The van der Waals surface area contributed by atoms with Crippen LogP contribution in [0.15, 0.2) is 54.6 Å². The quantitative estimate of drug-likeness (QED) is 0.839. The molecular formula is C19H23NO3S. The molecule has 2 rings (SSSR count). The highest BCUT2D eigenvalue weighted by molar-refractivity contribution is 7.90. The van der Waals surface area contributed by atoms with Crippen molar-refractivity contribution in [1.29, 1.82) is 0 Å². The van der Waals surface area contributed by atoms with Gasteiger partial charge < -0.3 is 5.32 Å². The fourth-order valence-electron chi connectivity index (χ4n) is 2.57. The van der Waals surface area contributed by atoms with E-state index < -0.39 is 15.8 Å². The van der Waals surface area contributed by atoms with Gasteiger partial charge in [0.2, 0.25) is 5.91 Å². The SMILES string of the molecule is CC(CS(C)(=O)=O)C(=O)NCCc1cccc(-c2ccccc2)c1. The van der Waals surface area contributed by atoms with E-state index in [2.05, 4.69) is 29.6 Å². The number of sulfone groups is 1. The van der Waals surface area contributed by atoms with Crippen molar-refractivity contribution >= 4 is 15.7 Å². The van der Waals surface area contributed by atoms with Crippen molar-refractivity contribution < 1.29 is 13.2 Å². The normalized spacial score (nSPS) is 12.6. The minimum Gasteiger partial charge on any atom is -0.356 e. The van der Waals surface area contributed by atoms with Gasteiger partial charge in [-0.25, -0.2) is 8.42 Å². The van der Waals surface area contributed by atoms with E-state index in [1.165, 1.54) is 0 Å². The smallest absolute Gasteiger partial charge is 0.223 e. The van der Waals surface area contributed by atoms with Crippen molar-refractivity contribution in [2.24, 2.45) is 5.92 Å². The van der Waals surface area contributed by atoms with Crippen LogP contribution in [-0.2, 0) is 21.1 Å². The Balaban J connectivity index is 1.90. The fourth-order valence-corrected chi connectivity index (χ4v) is 3.63. The Morgan fingerprint density at radius 1 is 1.04 bits per heavy atom. The molecule has 0 radical (unpaired) electrons. The summed E-state index contributed by atoms with van der Waals surface area (Å²) in [6.45, 7) is 2.12. The second-order valence-electron chi connectivity index (χ2n) is 6.10. The van der Waals surface area contributed by atoms with Gasteiger partial charge in [-0.2, -0.15) is 0 Å². The van der Waals surface area contributed by atoms with Crippen molar-refractivity contribution in [3.63, 3.8) is 0 Å². The van der Waals surface area contributed by atoms with Crippen LogP contribution in [0.4, 0.5) is 0 Å². The zero-order valence-corrected chi connectivity index (χ0v) is 14.8. The molecule has 2 aromatic rings. The molecule has 0 aliphatic carbocycles. The Morgan fingerprint density at radius 2 is 1.71 bits per heavy atom. The number of nitrogens with one attached hydrogen (secondary N) is 1. The van der Waals surface area contributed by atoms with Crippen LogP contribution in [0.1, 0.15) is 12.5 Å². The summed E-state index contributed by atoms with van der Waals surface area (Å²) in [5, 5.41) is 2.81. The zero-order valence-electron chi connectivity index (χ0n) is 14.0. The molecule has 0 spiro atoms. The summed E-state index contributed by atoms with van der Waals surface area (Å²) in [5.41, 5.74) is 3.43. The van der Waals surface area contributed by atoms with Crippen LogP contribution in [0.3, 0.4) is 0 Å². The zero-order chi connectivity index (χ0) is 17.6. The van der Waals surface area contributed by atoms with Gasteiger partial charge in [-0.1, -0.05) is 61.5 Å². The van der Waals surface area contributed by atoms with Gasteiger partial charge in [0, 0.05) is 18.7 Å². The Kier molecular flexibility index (Phi) is 6.15. The highest BCUT2D eigenvalue weighted by Gasteiger charge is 2.17. The highest BCUT2D eigenvalue weighted by Crippen LogP contribution is 2.20. The monoisotopic (exact) mass is 345 g/mol. The van der Waals surface area contributed by atoms with Crippen LogP contribution in [-0.4, -0.2) is 32.9 Å². The van der Waals surface area contributed by atoms with Gasteiger partial charge in [0.1, 0.15) is 9.84 Å². The van der Waals surface area contributed by atoms with E-state index in [0.29, 0.717) is 13.0 Å². The molecule has 1 amide bonds. The maximum Gasteiger partial charge on any atom is 0.223 e. The van der Waals surface area contributed by atoms with Crippen LogP contribution in [0, 0.1) is 5.92 Å². The molecule has 0 aliphatic rings. The van der Waals surface area contributed by atoms with E-state index in [9.17, 15) is 13.2 Å². The number of hydrogen-bond donors (Lipinski definition) is 1. The molecule has 128 valence electrons. The first-order chi connectivity index (χ1) is 11.3. The van der Waals surface area contributed by atoms with E-state index in [0.717, 1.165) is 22.9 Å². The summed E-state index contributed by atoms with van der Waals surface area (Å²) in [7, 11) is -3.14. The number of carbonyl (C=O) groups is 1. The minimum absolute atomic E-state index is 0.123. The van der Waals surface area contributed by atoms with Crippen LogP contribution < -0.4 is 5.32 Å². The maximum atomic E-state index is 11.9. The minimum atomic E-state index is -3.14. The van der Waals surface area contributed by atoms with E-state index in [1.54, 1.807) is 6.92 Å². The Hall–Kier alpha value is -2.14. The number of amides is 1. The maximum absolute atomic E-state index is 11.9. The van der Waals surface area contributed by atoms with Gasteiger partial charge in [0.05, 0.1) is 5.75 Å². The van der Waals surface area contributed by atoms with Crippen molar-refractivity contribution in [2.75, 3.05) is 18.6 Å². The third-order valence-electron chi connectivity index (χ3n) is 3.75. The molecule has 1 unspecified atom stereocenters. The lowest BCUT2D eigenvalue weighted by Gasteiger charge is -2.11. The molecule has 1 atom stereocenters. The predicted octanol–water partition coefficient (Wildman–Crippen LogP) is 2.69. The average Bonchev–Trinajstić information content (AvgIpc) is 2.54. The Morgan fingerprint density at radius 3 is 2.38 bits per heavy atom. The van der Waals surface area contributed by atoms with Crippen molar-refractivity contribution in [3.05, 3.63) is 60.2 Å². The number of benzene rings is 2. The van der Waals surface area contributed by atoms with Gasteiger partial charge in [0.25, 0.3) is 0 Å². The average molecular weight is 345 g/mol. The summed E-state index contributed by atoms with van der Waals surface area (Å²) >= 11 is 0. The van der Waals surface area contributed by atoms with Gasteiger partial charge >= 0.3 is 0 Å². The van der Waals surface area contributed by atoms with Crippen LogP contribution >= 0.6 is 0 Å². The van der Waals surface area contributed by atoms with E-state index in [4.69, 9.17) is 0 Å². The third kappa shape index (κ3) is 5.81. The van der Waals surface area contributed by atoms with Crippen molar-refractivity contribution in [1.82, 2.24) is 5.32 Å². The summed E-state index contributed by atoms with van der Waals surface area (Å²) < 4.78 is 22.5. The molecule has 0 aromatic heterocycles. The first-order valence-corrected chi connectivity index (χ1v) is 10.0. The Labute approximate surface area is 143 Å². The first kappa shape index (κ1) is 18.2. The van der Waals surface area contributed by atoms with E-state index in [1.807, 2.05) is 30.3 Å². The number of hydrogen-bond acceptors (Lipinski definition) is 3. The van der Waals surface area contributed by atoms with Gasteiger partial charge in [0.15, 0.2) is 0 Å². The largest absolute Gasteiger partial charge is 0.356 e. The molecule has 0 heterocycles. The standard InChI is InChI=1S/C19H23NO3S/c1-15(14-24(2,22)23)19(21)20-12-11-16-7-6-10-18(13-16)17-8-4-3-5-9-17/h3-10,13,15H,11-12,14H2,1-2H3,(H,20,21). The number of carbonyl (C=O) groups excluding carboxylic acids is 1. The molecule has 1 N–H and O–H groups in total. The molecule has 0 saturated carbocycles. The molecule has 4 nitrogen and oxygen atoms in total. The predicted molar refractivity (Wildman–Crippen MR) is 97.5 cm³/mol. The molecule has 24 heavy (non-hydrogen) atoms. The van der Waals surface area contributed by atoms with Gasteiger partial charge in [-0.15, -0.1) is 0 Å². The fraction of sp³-hybridized carbons (Fsp3) is 0.316. The van der Waals surface area contributed by atoms with Gasteiger partial charge in [-0.05, 0) is 23.1 Å². The highest BCUT2D eigenvalue weighted by atomic mass is 32.2. The third-order valence-corrected chi connectivity index (χ3v) is 4.85. The van der Waals surface area contributed by atoms with Crippen molar-refractivity contribution in [2.45, 2.75) is 13.3 Å². The summed E-state index contributed by atoms with van der Waals surface area (Å²) in [6.07, 6.45) is 1.85. The van der Waals surface area contributed by atoms with Gasteiger partial charge in [-0.3, -0.25) is 4.79 Å². The number of rotatable bonds is 7.